The van der Waals surface area contributed by atoms with Crippen molar-refractivity contribution in [1.29, 1.82) is 0 Å². The standard InChI is InChI=1S/C14H19FN2O4S/c1-21-10-11-22(19,20)17-8-6-16(7-9-17)14(18)12-4-2-3-5-13(12)15/h2-5H,6-11H2,1H3. The molecule has 0 aliphatic carbocycles. The molecule has 0 spiro atoms. The molecule has 1 fully saturated rings. The number of sulfonamides is 1. The molecule has 1 aliphatic rings. The Morgan fingerprint density at radius 3 is 2.45 bits per heavy atom. The first-order valence-electron chi connectivity index (χ1n) is 6.96. The van der Waals surface area contributed by atoms with Gasteiger partial charge in [-0.3, -0.25) is 4.79 Å². The fourth-order valence-corrected chi connectivity index (χ4v) is 3.65. The monoisotopic (exact) mass is 330 g/mol. The minimum absolute atomic E-state index is 0.0122. The minimum Gasteiger partial charge on any atom is -0.384 e. The Labute approximate surface area is 129 Å². The van der Waals surface area contributed by atoms with E-state index < -0.39 is 21.7 Å². The number of carbonyl (C=O) groups is 1. The number of rotatable bonds is 5. The first-order chi connectivity index (χ1) is 10.5. The molecule has 1 saturated heterocycles. The van der Waals surface area contributed by atoms with Crippen molar-refractivity contribution >= 4 is 15.9 Å². The highest BCUT2D eigenvalue weighted by molar-refractivity contribution is 7.89. The fourth-order valence-electron chi connectivity index (χ4n) is 2.29. The number of hydrogen-bond donors (Lipinski definition) is 0. The van der Waals surface area contributed by atoms with Crippen LogP contribution in [0.15, 0.2) is 24.3 Å². The molecule has 0 aromatic heterocycles. The molecular weight excluding hydrogens is 311 g/mol. The van der Waals surface area contributed by atoms with E-state index in [4.69, 9.17) is 4.74 Å². The fraction of sp³-hybridized carbons (Fsp3) is 0.500. The Morgan fingerprint density at radius 2 is 1.86 bits per heavy atom. The number of methoxy groups -OCH3 is 1. The van der Waals surface area contributed by atoms with Gasteiger partial charge >= 0.3 is 0 Å². The van der Waals surface area contributed by atoms with Gasteiger partial charge in [-0.05, 0) is 12.1 Å². The highest BCUT2D eigenvalue weighted by atomic mass is 32.2. The molecule has 0 unspecified atom stereocenters. The van der Waals surface area contributed by atoms with Gasteiger partial charge in [0.15, 0.2) is 0 Å². The van der Waals surface area contributed by atoms with Gasteiger partial charge in [-0.15, -0.1) is 0 Å². The summed E-state index contributed by atoms with van der Waals surface area (Å²) >= 11 is 0. The summed E-state index contributed by atoms with van der Waals surface area (Å²) in [6.45, 7) is 1.06. The van der Waals surface area contributed by atoms with Gasteiger partial charge in [0.2, 0.25) is 10.0 Å². The Balaban J connectivity index is 1.98. The molecule has 1 aromatic rings. The van der Waals surface area contributed by atoms with Crippen LogP contribution < -0.4 is 0 Å². The normalized spacial score (nSPS) is 16.7. The Kier molecular flexibility index (Phi) is 5.49. The van der Waals surface area contributed by atoms with E-state index in [1.54, 1.807) is 6.07 Å². The number of hydrogen-bond acceptors (Lipinski definition) is 4. The van der Waals surface area contributed by atoms with E-state index in [0.29, 0.717) is 0 Å². The van der Waals surface area contributed by atoms with Crippen LogP contribution in [0.1, 0.15) is 10.4 Å². The number of halogens is 1. The van der Waals surface area contributed by atoms with Gasteiger partial charge in [0, 0.05) is 33.3 Å². The van der Waals surface area contributed by atoms with E-state index in [0.717, 1.165) is 0 Å². The van der Waals surface area contributed by atoms with Crippen molar-refractivity contribution in [1.82, 2.24) is 9.21 Å². The third-order valence-electron chi connectivity index (χ3n) is 3.57. The van der Waals surface area contributed by atoms with Gasteiger partial charge in [0.25, 0.3) is 5.91 Å². The van der Waals surface area contributed by atoms with Crippen molar-refractivity contribution in [2.45, 2.75) is 0 Å². The van der Waals surface area contributed by atoms with Gasteiger partial charge in [-0.2, -0.15) is 4.31 Å². The quantitative estimate of drug-likeness (QED) is 0.791. The van der Waals surface area contributed by atoms with Crippen LogP contribution >= 0.6 is 0 Å². The summed E-state index contributed by atoms with van der Waals surface area (Å²) in [5.74, 6) is -1.06. The number of ether oxygens (including phenoxy) is 1. The lowest BCUT2D eigenvalue weighted by atomic mass is 10.1. The van der Waals surface area contributed by atoms with Crippen molar-refractivity contribution in [3.63, 3.8) is 0 Å². The maximum atomic E-state index is 13.6. The van der Waals surface area contributed by atoms with Gasteiger partial charge < -0.3 is 9.64 Å². The predicted octanol–water partition coefficient (Wildman–Crippen LogP) is 0.560. The van der Waals surface area contributed by atoms with E-state index in [2.05, 4.69) is 0 Å². The third-order valence-corrected chi connectivity index (χ3v) is 5.40. The largest absolute Gasteiger partial charge is 0.384 e. The molecule has 22 heavy (non-hydrogen) atoms. The Hall–Kier alpha value is -1.51. The van der Waals surface area contributed by atoms with Crippen molar-refractivity contribution in [3.05, 3.63) is 35.6 Å². The zero-order chi connectivity index (χ0) is 16.2. The molecule has 2 rings (SSSR count). The summed E-state index contributed by atoms with van der Waals surface area (Å²) in [5, 5.41) is 0. The molecule has 1 aliphatic heterocycles. The van der Waals surface area contributed by atoms with Gasteiger partial charge in [-0.1, -0.05) is 12.1 Å². The molecule has 122 valence electrons. The molecule has 8 heteroatoms. The van der Waals surface area contributed by atoms with E-state index >= 15 is 0 Å². The molecule has 0 atom stereocenters. The predicted molar refractivity (Wildman–Crippen MR) is 79.5 cm³/mol. The van der Waals surface area contributed by atoms with Crippen molar-refractivity contribution < 1.29 is 22.3 Å². The molecule has 1 aromatic carbocycles. The average molecular weight is 330 g/mol. The molecule has 0 saturated carbocycles. The SMILES string of the molecule is COCCS(=O)(=O)N1CCN(C(=O)c2ccccc2F)CC1. The maximum Gasteiger partial charge on any atom is 0.256 e. The number of benzene rings is 1. The van der Waals surface area contributed by atoms with Crippen LogP contribution in [0, 0.1) is 5.82 Å². The zero-order valence-corrected chi connectivity index (χ0v) is 13.2. The van der Waals surface area contributed by atoms with Crippen LogP contribution in [0.5, 0.6) is 0 Å². The van der Waals surface area contributed by atoms with Crippen LogP contribution in [-0.4, -0.2) is 69.2 Å². The molecule has 0 N–H and O–H groups in total. The lowest BCUT2D eigenvalue weighted by Crippen LogP contribution is -2.51. The van der Waals surface area contributed by atoms with Crippen LogP contribution in [0.3, 0.4) is 0 Å². The summed E-state index contributed by atoms with van der Waals surface area (Å²) in [4.78, 5) is 13.7. The van der Waals surface area contributed by atoms with Crippen LogP contribution in [0.4, 0.5) is 4.39 Å². The third kappa shape index (κ3) is 3.82. The zero-order valence-electron chi connectivity index (χ0n) is 12.4. The van der Waals surface area contributed by atoms with Gasteiger partial charge in [-0.25, -0.2) is 12.8 Å². The van der Waals surface area contributed by atoms with Gasteiger partial charge in [0.05, 0.1) is 17.9 Å². The summed E-state index contributed by atoms with van der Waals surface area (Å²) in [6.07, 6.45) is 0. The second-order valence-electron chi connectivity index (χ2n) is 4.98. The Morgan fingerprint density at radius 1 is 1.23 bits per heavy atom. The van der Waals surface area contributed by atoms with Crippen molar-refractivity contribution in [3.8, 4) is 0 Å². The molecule has 0 bridgehead atoms. The maximum absolute atomic E-state index is 13.6. The summed E-state index contributed by atoms with van der Waals surface area (Å²) < 4.78 is 43.8. The number of piperazine rings is 1. The molecule has 0 radical (unpaired) electrons. The molecule has 1 heterocycles. The lowest BCUT2D eigenvalue weighted by molar-refractivity contribution is 0.0692. The first kappa shape index (κ1) is 16.9. The highest BCUT2D eigenvalue weighted by Gasteiger charge is 2.29. The van der Waals surface area contributed by atoms with Crippen LogP contribution in [-0.2, 0) is 14.8 Å². The molecule has 1 amide bonds. The topological polar surface area (TPSA) is 66.9 Å². The second-order valence-corrected chi connectivity index (χ2v) is 7.07. The van der Waals surface area contributed by atoms with Crippen molar-refractivity contribution in [2.24, 2.45) is 0 Å². The molecular formula is C14H19FN2O4S. The minimum atomic E-state index is -3.37. The van der Waals surface area contributed by atoms with Crippen molar-refractivity contribution in [2.75, 3.05) is 45.6 Å². The highest BCUT2D eigenvalue weighted by Crippen LogP contribution is 2.14. The summed E-state index contributed by atoms with van der Waals surface area (Å²) in [7, 11) is -1.93. The van der Waals surface area contributed by atoms with Gasteiger partial charge in [0.1, 0.15) is 5.82 Å². The van der Waals surface area contributed by atoms with E-state index in [-0.39, 0.29) is 44.1 Å². The van der Waals surface area contributed by atoms with E-state index in [1.807, 2.05) is 0 Å². The smallest absolute Gasteiger partial charge is 0.256 e. The second kappa shape index (κ2) is 7.17. The van der Waals surface area contributed by atoms with E-state index in [9.17, 15) is 17.6 Å². The number of amides is 1. The van der Waals surface area contributed by atoms with Crippen LogP contribution in [0.25, 0.3) is 0 Å². The molecule has 6 nitrogen and oxygen atoms in total. The summed E-state index contributed by atoms with van der Waals surface area (Å²) in [5.41, 5.74) is 0.0122. The summed E-state index contributed by atoms with van der Waals surface area (Å²) in [6, 6.07) is 5.78. The Bertz CT molecular complexity index is 627. The van der Waals surface area contributed by atoms with Crippen LogP contribution in [0.2, 0.25) is 0 Å². The average Bonchev–Trinajstić information content (AvgIpc) is 2.53. The van der Waals surface area contributed by atoms with E-state index in [1.165, 1.54) is 34.5 Å². The first-order valence-corrected chi connectivity index (χ1v) is 8.57. The number of carbonyl (C=O) groups excluding carboxylic acids is 1. The number of nitrogens with zero attached hydrogens (tertiary/aromatic N) is 2. The lowest BCUT2D eigenvalue weighted by Gasteiger charge is -2.34.